The molecular formula is C30H38N4O4S. The van der Waals surface area contributed by atoms with E-state index in [0.717, 1.165) is 65.7 Å². The summed E-state index contributed by atoms with van der Waals surface area (Å²) in [6.07, 6.45) is 6.34. The van der Waals surface area contributed by atoms with Gasteiger partial charge in [0.1, 0.15) is 16.7 Å². The van der Waals surface area contributed by atoms with Gasteiger partial charge in [0, 0.05) is 22.9 Å². The molecule has 2 aromatic heterocycles. The van der Waals surface area contributed by atoms with E-state index in [4.69, 9.17) is 9.72 Å². The number of aromatic nitrogens is 2. The average molecular weight is 551 g/mol. The number of benzene rings is 1. The van der Waals surface area contributed by atoms with Crippen LogP contribution in [0.25, 0.3) is 22.2 Å². The van der Waals surface area contributed by atoms with Gasteiger partial charge < -0.3 is 20.1 Å². The molecule has 0 radical (unpaired) electrons. The Labute approximate surface area is 233 Å². The van der Waals surface area contributed by atoms with Gasteiger partial charge in [0.15, 0.2) is 0 Å². The van der Waals surface area contributed by atoms with E-state index in [-0.39, 0.29) is 24.5 Å². The molecule has 5 rings (SSSR count). The number of carbonyl (C=O) groups excluding carboxylic acids is 2. The van der Waals surface area contributed by atoms with Crippen LogP contribution in [0.2, 0.25) is 0 Å². The minimum absolute atomic E-state index is 0.0380. The first-order valence-electron chi connectivity index (χ1n) is 14.0. The van der Waals surface area contributed by atoms with Crippen LogP contribution in [0.15, 0.2) is 35.7 Å². The van der Waals surface area contributed by atoms with Crippen molar-refractivity contribution in [3.63, 3.8) is 0 Å². The van der Waals surface area contributed by atoms with Crippen LogP contribution in [0.1, 0.15) is 82.5 Å². The van der Waals surface area contributed by atoms with Crippen molar-refractivity contribution in [3.05, 3.63) is 46.4 Å². The van der Waals surface area contributed by atoms with Crippen LogP contribution in [0.5, 0.6) is 0 Å². The second kappa shape index (κ2) is 11.6. The molecule has 0 spiro atoms. The number of alkyl carbamates (subject to hydrolysis) is 1. The molecule has 3 heterocycles. The summed E-state index contributed by atoms with van der Waals surface area (Å²) in [5.41, 5.74) is 2.52. The van der Waals surface area contributed by atoms with Crippen LogP contribution >= 0.6 is 11.3 Å². The van der Waals surface area contributed by atoms with Crippen molar-refractivity contribution in [1.82, 2.24) is 20.2 Å². The third kappa shape index (κ3) is 6.25. The van der Waals surface area contributed by atoms with Gasteiger partial charge in [0.05, 0.1) is 29.6 Å². The number of rotatable bonds is 6. The lowest BCUT2D eigenvalue weighted by atomic mass is 9.83. The van der Waals surface area contributed by atoms with Gasteiger partial charge in [-0.3, -0.25) is 9.78 Å². The van der Waals surface area contributed by atoms with Crippen molar-refractivity contribution in [2.75, 3.05) is 6.54 Å². The van der Waals surface area contributed by atoms with E-state index >= 15 is 0 Å². The number of nitrogens with zero attached hydrogens (tertiary/aromatic N) is 3. The number of pyridine rings is 1. The number of amides is 2. The van der Waals surface area contributed by atoms with Crippen LogP contribution in [0.3, 0.4) is 0 Å². The Morgan fingerprint density at radius 3 is 2.64 bits per heavy atom. The molecule has 1 aromatic carbocycles. The van der Waals surface area contributed by atoms with Crippen molar-refractivity contribution in [3.8, 4) is 11.3 Å². The van der Waals surface area contributed by atoms with E-state index in [1.165, 1.54) is 6.42 Å². The highest BCUT2D eigenvalue weighted by molar-refractivity contribution is 7.10. The zero-order valence-electron chi connectivity index (χ0n) is 23.0. The standard InChI is InChI=1S/C30H38N4O4S/c1-30(2,3)38-29(37)33-26(19-10-5-4-6-11-19)28(36)34-15-9-14-25(34)27-32-24(18-39-27)22-16-20(17-35)31-23-13-8-7-12-21(22)23/h7-8,12-13,16,18-19,25-26,35H,4-6,9-11,14-15,17H2,1-3H3,(H,33,37)/t25-,26-/m0/s1. The Morgan fingerprint density at radius 2 is 1.90 bits per heavy atom. The lowest BCUT2D eigenvalue weighted by molar-refractivity contribution is -0.136. The Balaban J connectivity index is 1.41. The highest BCUT2D eigenvalue weighted by Gasteiger charge is 2.40. The number of ether oxygens (including phenoxy) is 1. The van der Waals surface area contributed by atoms with Crippen LogP contribution in [-0.4, -0.2) is 50.2 Å². The monoisotopic (exact) mass is 550 g/mol. The number of carbonyl (C=O) groups is 2. The topological polar surface area (TPSA) is 105 Å². The average Bonchev–Trinajstić information content (AvgIpc) is 3.60. The number of hydrogen-bond acceptors (Lipinski definition) is 7. The summed E-state index contributed by atoms with van der Waals surface area (Å²) in [6, 6.07) is 9.02. The fourth-order valence-corrected chi connectivity index (χ4v) is 6.80. The Morgan fingerprint density at radius 1 is 1.13 bits per heavy atom. The SMILES string of the molecule is CC(C)(C)OC(=O)N[C@H](C(=O)N1CCC[C@H]1c1nc(-c2cc(CO)nc3ccccc23)cs1)C1CCCCC1. The zero-order chi connectivity index (χ0) is 27.6. The molecule has 0 bridgehead atoms. The van der Waals surface area contributed by atoms with Gasteiger partial charge in [0.25, 0.3) is 0 Å². The summed E-state index contributed by atoms with van der Waals surface area (Å²) >= 11 is 1.55. The zero-order valence-corrected chi connectivity index (χ0v) is 23.8. The summed E-state index contributed by atoms with van der Waals surface area (Å²) in [5, 5.41) is 16.6. The molecule has 8 nitrogen and oxygen atoms in total. The summed E-state index contributed by atoms with van der Waals surface area (Å²) in [7, 11) is 0. The molecule has 208 valence electrons. The van der Waals surface area contributed by atoms with Crippen molar-refractivity contribution in [1.29, 1.82) is 0 Å². The predicted octanol–water partition coefficient (Wildman–Crippen LogP) is 5.99. The van der Waals surface area contributed by atoms with Crippen molar-refractivity contribution >= 4 is 34.2 Å². The third-order valence-electron chi connectivity index (χ3n) is 7.61. The fraction of sp³-hybridized carbons (Fsp3) is 0.533. The maximum atomic E-state index is 14.1. The van der Waals surface area contributed by atoms with Gasteiger partial charge in [-0.15, -0.1) is 11.3 Å². The summed E-state index contributed by atoms with van der Waals surface area (Å²) < 4.78 is 5.54. The van der Waals surface area contributed by atoms with Crippen molar-refractivity contribution < 1.29 is 19.4 Å². The second-order valence-electron chi connectivity index (χ2n) is 11.6. The highest BCUT2D eigenvalue weighted by atomic mass is 32.1. The number of aliphatic hydroxyl groups excluding tert-OH is 1. The first kappa shape index (κ1) is 27.5. The molecule has 2 fully saturated rings. The first-order chi connectivity index (χ1) is 18.7. The number of nitrogens with one attached hydrogen (secondary N) is 1. The lowest BCUT2D eigenvalue weighted by Crippen LogP contribution is -2.53. The maximum Gasteiger partial charge on any atom is 0.408 e. The Hall–Kier alpha value is -3.04. The van der Waals surface area contributed by atoms with Gasteiger partial charge in [-0.2, -0.15) is 0 Å². The quantitative estimate of drug-likeness (QED) is 0.391. The normalized spacial score (nSPS) is 19.3. The third-order valence-corrected chi connectivity index (χ3v) is 8.56. The van der Waals surface area contributed by atoms with Crippen LogP contribution in [-0.2, 0) is 16.1 Å². The molecule has 2 N–H and O–H groups in total. The largest absolute Gasteiger partial charge is 0.444 e. The van der Waals surface area contributed by atoms with Crippen LogP contribution in [0, 0.1) is 5.92 Å². The summed E-state index contributed by atoms with van der Waals surface area (Å²) in [5.74, 6) is 0.0656. The highest BCUT2D eigenvalue weighted by Crippen LogP contribution is 2.38. The van der Waals surface area contributed by atoms with Crippen molar-refractivity contribution in [2.24, 2.45) is 5.92 Å². The number of thiazole rings is 1. The van der Waals surface area contributed by atoms with Crippen molar-refractivity contribution in [2.45, 2.75) is 90.0 Å². The second-order valence-corrected chi connectivity index (χ2v) is 12.5. The van der Waals surface area contributed by atoms with Gasteiger partial charge in [-0.05, 0) is 64.5 Å². The van der Waals surface area contributed by atoms with Crippen LogP contribution < -0.4 is 5.32 Å². The first-order valence-corrected chi connectivity index (χ1v) is 14.9. The minimum atomic E-state index is -0.634. The van der Waals surface area contributed by atoms with E-state index < -0.39 is 17.7 Å². The van der Waals surface area contributed by atoms with Gasteiger partial charge in [0.2, 0.25) is 5.91 Å². The van der Waals surface area contributed by atoms with E-state index in [2.05, 4.69) is 10.3 Å². The van der Waals surface area contributed by atoms with Gasteiger partial charge in [-0.1, -0.05) is 37.5 Å². The molecule has 0 unspecified atom stereocenters. The molecular weight excluding hydrogens is 512 g/mol. The lowest BCUT2D eigenvalue weighted by Gasteiger charge is -2.35. The number of fused-ring (bicyclic) bond motifs is 1. The number of aliphatic hydroxyl groups is 1. The van der Waals surface area contributed by atoms with Gasteiger partial charge >= 0.3 is 6.09 Å². The number of hydrogen-bond donors (Lipinski definition) is 2. The molecule has 9 heteroatoms. The molecule has 39 heavy (non-hydrogen) atoms. The van der Waals surface area contributed by atoms with E-state index in [1.807, 2.05) is 61.4 Å². The predicted molar refractivity (Wildman–Crippen MR) is 152 cm³/mol. The van der Waals surface area contributed by atoms with E-state index in [1.54, 1.807) is 11.3 Å². The maximum absolute atomic E-state index is 14.1. The Bertz CT molecular complexity index is 1330. The Kier molecular flexibility index (Phi) is 8.19. The van der Waals surface area contributed by atoms with Crippen LogP contribution in [0.4, 0.5) is 4.79 Å². The molecule has 1 aliphatic heterocycles. The summed E-state index contributed by atoms with van der Waals surface area (Å²) in [4.78, 5) is 38.3. The molecule has 1 saturated heterocycles. The molecule has 2 aliphatic rings. The number of para-hydroxylation sites is 1. The molecule has 2 atom stereocenters. The summed E-state index contributed by atoms with van der Waals surface area (Å²) in [6.45, 7) is 5.99. The smallest absolute Gasteiger partial charge is 0.408 e. The minimum Gasteiger partial charge on any atom is -0.444 e. The fourth-order valence-electron chi connectivity index (χ4n) is 5.84. The van der Waals surface area contributed by atoms with Gasteiger partial charge in [-0.25, -0.2) is 9.78 Å². The number of likely N-dealkylation sites (tertiary alicyclic amines) is 1. The van der Waals surface area contributed by atoms with E-state index in [0.29, 0.717) is 12.2 Å². The molecule has 2 amide bonds. The molecule has 1 saturated carbocycles. The van der Waals surface area contributed by atoms with E-state index in [9.17, 15) is 14.7 Å². The molecule has 1 aliphatic carbocycles. The molecule has 3 aromatic rings.